The van der Waals surface area contributed by atoms with Crippen LogP contribution in [0.15, 0.2) is 54.9 Å². The smallest absolute Gasteiger partial charge is 0.227 e. The molecular weight excluding hydrogens is 402 g/mol. The number of benzene rings is 2. The maximum atomic E-state index is 6.04. The van der Waals surface area contributed by atoms with Gasteiger partial charge >= 0.3 is 0 Å². The lowest BCUT2D eigenvalue weighted by Gasteiger charge is -2.23. The van der Waals surface area contributed by atoms with Gasteiger partial charge in [0.15, 0.2) is 0 Å². The number of hydrogen-bond acceptors (Lipinski definition) is 6. The second kappa shape index (κ2) is 8.22. The monoisotopic (exact) mass is 427 g/mol. The quantitative estimate of drug-likeness (QED) is 0.362. The van der Waals surface area contributed by atoms with Crippen molar-refractivity contribution in [3.8, 4) is 5.75 Å². The van der Waals surface area contributed by atoms with Crippen LogP contribution in [-0.4, -0.2) is 38.8 Å². The minimum absolute atomic E-state index is 0.472. The molecule has 0 saturated heterocycles. The molecule has 0 unspecified atom stereocenters. The molecule has 0 aliphatic heterocycles. The molecule has 3 aromatic heterocycles. The minimum Gasteiger partial charge on any atom is -0.497 e. The summed E-state index contributed by atoms with van der Waals surface area (Å²) in [6, 6.07) is 14.1. The SMILES string of the molecule is COc1ccc2[nH]cc(CCN(Cc3ccc4[nH]ncc4c3)c3nc(C)cc(N)n3)c2c1. The van der Waals surface area contributed by atoms with Gasteiger partial charge in [0.25, 0.3) is 0 Å². The first-order chi connectivity index (χ1) is 15.6. The van der Waals surface area contributed by atoms with E-state index in [1.807, 2.05) is 31.3 Å². The molecule has 0 spiro atoms. The topological polar surface area (TPSA) is 109 Å². The highest BCUT2D eigenvalue weighted by atomic mass is 16.5. The molecule has 0 aliphatic rings. The lowest BCUT2D eigenvalue weighted by atomic mass is 10.1. The average Bonchev–Trinajstić information content (AvgIpc) is 3.41. The van der Waals surface area contributed by atoms with Gasteiger partial charge < -0.3 is 20.4 Å². The molecule has 0 amide bonds. The Morgan fingerprint density at radius 3 is 2.78 bits per heavy atom. The van der Waals surface area contributed by atoms with Crippen LogP contribution < -0.4 is 15.4 Å². The first-order valence-corrected chi connectivity index (χ1v) is 10.5. The fourth-order valence-corrected chi connectivity index (χ4v) is 4.03. The largest absolute Gasteiger partial charge is 0.497 e. The number of methoxy groups -OCH3 is 1. The van der Waals surface area contributed by atoms with Crippen LogP contribution in [0.1, 0.15) is 16.8 Å². The number of aromatic nitrogens is 5. The molecule has 0 fully saturated rings. The number of nitrogens with zero attached hydrogens (tertiary/aromatic N) is 4. The van der Waals surface area contributed by atoms with Crippen molar-refractivity contribution in [3.63, 3.8) is 0 Å². The third kappa shape index (κ3) is 3.94. The van der Waals surface area contributed by atoms with E-state index in [4.69, 9.17) is 10.5 Å². The predicted octanol–water partition coefficient (Wildman–Crippen LogP) is 3.98. The molecule has 4 N–H and O–H groups in total. The summed E-state index contributed by atoms with van der Waals surface area (Å²) >= 11 is 0. The normalized spacial score (nSPS) is 11.3. The van der Waals surface area contributed by atoms with Gasteiger partial charge in [0.2, 0.25) is 5.95 Å². The molecule has 3 heterocycles. The van der Waals surface area contributed by atoms with Crippen LogP contribution in [0.4, 0.5) is 11.8 Å². The number of H-pyrrole nitrogens is 2. The van der Waals surface area contributed by atoms with Crippen molar-refractivity contribution >= 4 is 33.6 Å². The Bertz CT molecular complexity index is 1370. The maximum Gasteiger partial charge on any atom is 0.227 e. The van der Waals surface area contributed by atoms with E-state index in [1.54, 1.807) is 13.2 Å². The number of rotatable bonds is 7. The Kier molecular flexibility index (Phi) is 5.10. The van der Waals surface area contributed by atoms with Crippen LogP contribution in [-0.2, 0) is 13.0 Å². The van der Waals surface area contributed by atoms with E-state index < -0.39 is 0 Å². The van der Waals surface area contributed by atoms with Gasteiger partial charge in [0.05, 0.1) is 18.8 Å². The van der Waals surface area contributed by atoms with Gasteiger partial charge in [-0.25, -0.2) is 4.98 Å². The first-order valence-electron chi connectivity index (χ1n) is 10.5. The number of nitrogens with two attached hydrogens (primary N) is 1. The lowest BCUT2D eigenvalue weighted by Crippen LogP contribution is -2.27. The van der Waals surface area contributed by atoms with Gasteiger partial charge in [0, 0.05) is 47.3 Å². The standard InChI is InChI=1S/C24H25N7O/c1-15-9-23(25)29-24(28-15)31(14-16-3-5-21-18(10-16)13-27-30-21)8-7-17-12-26-22-6-4-19(32-2)11-20(17)22/h3-6,9-13,26H,7-8,14H2,1-2H3,(H,27,30)(H2,25,28,29). The highest BCUT2D eigenvalue weighted by Crippen LogP contribution is 2.25. The lowest BCUT2D eigenvalue weighted by molar-refractivity contribution is 0.415. The van der Waals surface area contributed by atoms with Crippen molar-refractivity contribution in [2.24, 2.45) is 0 Å². The van der Waals surface area contributed by atoms with Crippen molar-refractivity contribution in [2.75, 3.05) is 24.3 Å². The Morgan fingerprint density at radius 1 is 1.06 bits per heavy atom. The van der Waals surface area contributed by atoms with Gasteiger partial charge in [0.1, 0.15) is 11.6 Å². The van der Waals surface area contributed by atoms with Crippen LogP contribution in [0.25, 0.3) is 21.8 Å². The molecule has 0 radical (unpaired) electrons. The zero-order valence-corrected chi connectivity index (χ0v) is 18.1. The van der Waals surface area contributed by atoms with Crippen LogP contribution in [0.2, 0.25) is 0 Å². The number of nitrogens with one attached hydrogen (secondary N) is 2. The zero-order valence-electron chi connectivity index (χ0n) is 18.1. The average molecular weight is 428 g/mol. The number of aryl methyl sites for hydroxylation is 1. The highest BCUT2D eigenvalue weighted by Gasteiger charge is 2.14. The van der Waals surface area contributed by atoms with Crippen molar-refractivity contribution in [1.82, 2.24) is 25.1 Å². The number of nitrogen functional groups attached to an aromatic ring is 1. The summed E-state index contributed by atoms with van der Waals surface area (Å²) < 4.78 is 5.41. The van der Waals surface area contributed by atoms with E-state index in [-0.39, 0.29) is 0 Å². The van der Waals surface area contributed by atoms with Gasteiger partial charge in [-0.3, -0.25) is 5.10 Å². The summed E-state index contributed by atoms with van der Waals surface area (Å²) in [5.41, 5.74) is 11.4. The molecule has 8 heteroatoms. The van der Waals surface area contributed by atoms with Crippen molar-refractivity contribution in [3.05, 3.63) is 71.7 Å². The van der Waals surface area contributed by atoms with Gasteiger partial charge in [-0.15, -0.1) is 0 Å². The molecule has 8 nitrogen and oxygen atoms in total. The molecule has 32 heavy (non-hydrogen) atoms. The Labute approximate surface area is 185 Å². The minimum atomic E-state index is 0.472. The summed E-state index contributed by atoms with van der Waals surface area (Å²) in [5, 5.41) is 9.36. The van der Waals surface area contributed by atoms with E-state index in [9.17, 15) is 0 Å². The summed E-state index contributed by atoms with van der Waals surface area (Å²) in [6.07, 6.45) is 4.72. The van der Waals surface area contributed by atoms with E-state index in [0.717, 1.165) is 51.8 Å². The third-order valence-electron chi connectivity index (χ3n) is 5.65. The van der Waals surface area contributed by atoms with E-state index in [0.29, 0.717) is 18.3 Å². The summed E-state index contributed by atoms with van der Waals surface area (Å²) in [7, 11) is 1.69. The van der Waals surface area contributed by atoms with E-state index in [2.05, 4.69) is 54.4 Å². The predicted molar refractivity (Wildman–Crippen MR) is 127 cm³/mol. The fourth-order valence-electron chi connectivity index (χ4n) is 4.03. The van der Waals surface area contributed by atoms with Gasteiger partial charge in [-0.05, 0) is 54.8 Å². The van der Waals surface area contributed by atoms with Crippen LogP contribution in [0.3, 0.4) is 0 Å². The second-order valence-corrected chi connectivity index (χ2v) is 7.92. The Balaban J connectivity index is 1.45. The van der Waals surface area contributed by atoms with Crippen LogP contribution in [0.5, 0.6) is 5.75 Å². The Morgan fingerprint density at radius 2 is 1.94 bits per heavy atom. The Hall–Kier alpha value is -4.07. The first kappa shape index (κ1) is 19.9. The van der Waals surface area contributed by atoms with Gasteiger partial charge in [-0.2, -0.15) is 10.1 Å². The molecule has 162 valence electrons. The second-order valence-electron chi connectivity index (χ2n) is 7.92. The molecule has 0 saturated carbocycles. The number of aromatic amines is 2. The van der Waals surface area contributed by atoms with E-state index in [1.165, 1.54) is 5.56 Å². The highest BCUT2D eigenvalue weighted by molar-refractivity contribution is 5.84. The van der Waals surface area contributed by atoms with Crippen LogP contribution in [0, 0.1) is 6.92 Å². The van der Waals surface area contributed by atoms with Gasteiger partial charge in [-0.1, -0.05) is 6.07 Å². The number of anilines is 2. The number of fused-ring (bicyclic) bond motifs is 2. The van der Waals surface area contributed by atoms with E-state index >= 15 is 0 Å². The van der Waals surface area contributed by atoms with Crippen LogP contribution >= 0.6 is 0 Å². The molecule has 5 rings (SSSR count). The molecular formula is C24H25N7O. The molecule has 0 atom stereocenters. The summed E-state index contributed by atoms with van der Waals surface area (Å²) in [5.74, 6) is 1.95. The zero-order chi connectivity index (χ0) is 22.1. The molecule has 5 aromatic rings. The molecule has 0 aliphatic carbocycles. The summed E-state index contributed by atoms with van der Waals surface area (Å²) in [6.45, 7) is 3.33. The maximum absolute atomic E-state index is 6.04. The molecule has 2 aromatic carbocycles. The number of hydrogen-bond donors (Lipinski definition) is 3. The third-order valence-corrected chi connectivity index (χ3v) is 5.65. The molecule has 0 bridgehead atoms. The van der Waals surface area contributed by atoms with Crippen molar-refractivity contribution < 1.29 is 4.74 Å². The fraction of sp³-hybridized carbons (Fsp3) is 0.208. The van der Waals surface area contributed by atoms with Crippen molar-refractivity contribution in [1.29, 1.82) is 0 Å². The summed E-state index contributed by atoms with van der Waals surface area (Å²) in [4.78, 5) is 14.7. The number of ether oxygens (including phenoxy) is 1. The van der Waals surface area contributed by atoms with Crippen molar-refractivity contribution in [2.45, 2.75) is 19.9 Å².